The third kappa shape index (κ3) is 6.75. The Hall–Kier alpha value is -2.56. The lowest BCUT2D eigenvalue weighted by molar-refractivity contribution is 0.314. The number of H-pyrrole nitrogens is 1. The molecule has 0 radical (unpaired) electrons. The summed E-state index contributed by atoms with van der Waals surface area (Å²) in [4.78, 5) is 9.12. The topological polar surface area (TPSA) is 100 Å². The molecule has 0 aliphatic heterocycles. The maximum absolute atomic E-state index is 5.88. The van der Waals surface area contributed by atoms with Crippen LogP contribution in [0.1, 0.15) is 37.2 Å². The van der Waals surface area contributed by atoms with Crippen LogP contribution in [-0.4, -0.2) is 34.3 Å². The number of guanidine groups is 1. The molecular weight excluding hydrogens is 495 g/mol. The van der Waals surface area contributed by atoms with Gasteiger partial charge in [0.15, 0.2) is 11.7 Å². The summed E-state index contributed by atoms with van der Waals surface area (Å²) in [5.41, 5.74) is 2.23. The van der Waals surface area contributed by atoms with Crippen LogP contribution in [0, 0.1) is 6.92 Å². The van der Waals surface area contributed by atoms with E-state index in [9.17, 15) is 0 Å². The van der Waals surface area contributed by atoms with Crippen molar-refractivity contribution in [2.24, 2.45) is 4.99 Å². The summed E-state index contributed by atoms with van der Waals surface area (Å²) in [6.07, 6.45) is 2.57. The first-order valence-corrected chi connectivity index (χ1v) is 9.89. The molecule has 3 rings (SSSR count). The monoisotopic (exact) mass is 524 g/mol. The van der Waals surface area contributed by atoms with Crippen molar-refractivity contribution in [1.29, 1.82) is 0 Å². The third-order valence-corrected chi connectivity index (χ3v) is 4.13. The second kappa shape index (κ2) is 12.2. The molecule has 8 nitrogen and oxygen atoms in total. The minimum absolute atomic E-state index is 0. The van der Waals surface area contributed by atoms with Gasteiger partial charge in [-0.3, -0.25) is 5.10 Å². The van der Waals surface area contributed by atoms with E-state index in [0.717, 1.165) is 24.3 Å². The summed E-state index contributed by atoms with van der Waals surface area (Å²) >= 11 is 0. The second-order valence-electron chi connectivity index (χ2n) is 6.59. The molecule has 0 spiro atoms. The molecule has 3 N–H and O–H groups in total. The number of ether oxygens (including phenoxy) is 1. The van der Waals surface area contributed by atoms with Crippen molar-refractivity contribution < 1.29 is 9.15 Å². The number of aromatic nitrogens is 3. The van der Waals surface area contributed by atoms with E-state index < -0.39 is 0 Å². The van der Waals surface area contributed by atoms with Crippen LogP contribution < -0.4 is 15.4 Å². The number of nitrogens with one attached hydrogen (secondary N) is 3. The van der Waals surface area contributed by atoms with Crippen molar-refractivity contribution in [3.8, 4) is 17.3 Å². The average Bonchev–Trinajstić information content (AvgIpc) is 3.41. The summed E-state index contributed by atoms with van der Waals surface area (Å²) in [6, 6.07) is 9.84. The highest BCUT2D eigenvalue weighted by Gasteiger charge is 2.09. The van der Waals surface area contributed by atoms with E-state index >= 15 is 0 Å². The van der Waals surface area contributed by atoms with Crippen LogP contribution in [0.25, 0.3) is 11.6 Å². The Balaban J connectivity index is 0.00000320. The van der Waals surface area contributed by atoms with Crippen LogP contribution in [0.2, 0.25) is 0 Å². The summed E-state index contributed by atoms with van der Waals surface area (Å²) < 4.78 is 11.2. The Bertz CT molecular complexity index is 923. The maximum Gasteiger partial charge on any atom is 0.216 e. The van der Waals surface area contributed by atoms with Crippen LogP contribution in [0.15, 0.2) is 46.0 Å². The van der Waals surface area contributed by atoms with Gasteiger partial charge in [0.25, 0.3) is 0 Å². The predicted molar refractivity (Wildman–Crippen MR) is 128 cm³/mol. The fourth-order valence-corrected chi connectivity index (χ4v) is 2.70. The number of aliphatic imine (C=N–C) groups is 1. The zero-order valence-corrected chi connectivity index (χ0v) is 19.9. The highest BCUT2D eigenvalue weighted by atomic mass is 127. The van der Waals surface area contributed by atoms with Crippen LogP contribution in [0.4, 0.5) is 0 Å². The number of hydrogen-bond acceptors (Lipinski definition) is 5. The van der Waals surface area contributed by atoms with Gasteiger partial charge in [0, 0.05) is 12.1 Å². The van der Waals surface area contributed by atoms with Gasteiger partial charge in [-0.1, -0.05) is 19.1 Å². The van der Waals surface area contributed by atoms with Crippen LogP contribution >= 0.6 is 24.0 Å². The minimum Gasteiger partial charge on any atom is -0.493 e. The second-order valence-corrected chi connectivity index (χ2v) is 6.59. The van der Waals surface area contributed by atoms with Crippen molar-refractivity contribution in [2.75, 3.05) is 13.2 Å². The highest BCUT2D eigenvalue weighted by Crippen LogP contribution is 2.21. The molecular formula is C21H29IN6O2. The minimum atomic E-state index is 0. The number of aromatic amines is 1. The summed E-state index contributed by atoms with van der Waals surface area (Å²) in [5, 5.41) is 13.6. The van der Waals surface area contributed by atoms with Gasteiger partial charge in [-0.05, 0) is 44.0 Å². The lowest BCUT2D eigenvalue weighted by Crippen LogP contribution is -2.37. The summed E-state index contributed by atoms with van der Waals surface area (Å²) in [6.45, 7) is 8.63. The maximum atomic E-state index is 5.88. The van der Waals surface area contributed by atoms with Crippen molar-refractivity contribution >= 4 is 29.9 Å². The predicted octanol–water partition coefficient (Wildman–Crippen LogP) is 4.04. The molecule has 2 heterocycles. The molecule has 162 valence electrons. The molecule has 0 bridgehead atoms. The largest absolute Gasteiger partial charge is 0.493 e. The Kier molecular flexibility index (Phi) is 9.65. The van der Waals surface area contributed by atoms with Crippen LogP contribution in [0.3, 0.4) is 0 Å². The molecule has 0 saturated carbocycles. The molecule has 0 atom stereocenters. The lowest BCUT2D eigenvalue weighted by atomic mass is 10.1. The van der Waals surface area contributed by atoms with Gasteiger partial charge in [0.1, 0.15) is 11.6 Å². The Morgan fingerprint density at radius 1 is 1.23 bits per heavy atom. The van der Waals surface area contributed by atoms with Gasteiger partial charge in [0.05, 0.1) is 26.0 Å². The highest BCUT2D eigenvalue weighted by molar-refractivity contribution is 14.0. The van der Waals surface area contributed by atoms with Gasteiger partial charge in [0.2, 0.25) is 5.82 Å². The van der Waals surface area contributed by atoms with E-state index in [1.807, 2.05) is 19.1 Å². The fraction of sp³-hybridized carbons (Fsp3) is 0.381. The molecule has 0 aliphatic carbocycles. The van der Waals surface area contributed by atoms with E-state index in [0.29, 0.717) is 43.1 Å². The number of nitrogens with zero attached hydrogens (tertiary/aromatic N) is 3. The smallest absolute Gasteiger partial charge is 0.216 e. The van der Waals surface area contributed by atoms with E-state index in [1.54, 1.807) is 6.26 Å². The standard InChI is InChI=1S/C21H28N6O2.HI/c1-4-10-28-18-12-15(3)8-9-16(18)13-23-21(22-5-2)24-14-19-25-20(27-26-19)17-7-6-11-29-17;/h6-9,11-12H,4-5,10,13-14H2,1-3H3,(H2,22,23,24)(H,25,26,27);1H. The van der Waals surface area contributed by atoms with E-state index in [2.05, 4.69) is 62.9 Å². The fourth-order valence-electron chi connectivity index (χ4n) is 2.70. The first kappa shape index (κ1) is 23.7. The molecule has 0 unspecified atom stereocenters. The van der Waals surface area contributed by atoms with Crippen molar-refractivity contribution in [3.63, 3.8) is 0 Å². The number of benzene rings is 1. The molecule has 0 fully saturated rings. The Morgan fingerprint density at radius 3 is 2.83 bits per heavy atom. The Labute approximate surface area is 193 Å². The summed E-state index contributed by atoms with van der Waals surface area (Å²) in [5.74, 6) is 3.46. The zero-order chi connectivity index (χ0) is 20.5. The number of halogens is 1. The van der Waals surface area contributed by atoms with E-state index in [-0.39, 0.29) is 24.0 Å². The lowest BCUT2D eigenvalue weighted by Gasteiger charge is -2.13. The molecule has 30 heavy (non-hydrogen) atoms. The summed E-state index contributed by atoms with van der Waals surface area (Å²) in [7, 11) is 0. The van der Waals surface area contributed by atoms with E-state index in [4.69, 9.17) is 9.15 Å². The molecule has 3 aromatic rings. The molecule has 0 saturated heterocycles. The molecule has 9 heteroatoms. The molecule has 1 aromatic carbocycles. The first-order chi connectivity index (χ1) is 14.2. The molecule has 0 aliphatic rings. The first-order valence-electron chi connectivity index (χ1n) is 9.89. The van der Waals surface area contributed by atoms with Gasteiger partial charge >= 0.3 is 0 Å². The zero-order valence-electron chi connectivity index (χ0n) is 17.6. The Morgan fingerprint density at radius 2 is 2.10 bits per heavy atom. The average molecular weight is 524 g/mol. The van der Waals surface area contributed by atoms with Crippen molar-refractivity contribution in [1.82, 2.24) is 25.8 Å². The van der Waals surface area contributed by atoms with Crippen LogP contribution in [-0.2, 0) is 13.1 Å². The molecule has 2 aromatic heterocycles. The van der Waals surface area contributed by atoms with Crippen molar-refractivity contribution in [3.05, 3.63) is 53.5 Å². The van der Waals surface area contributed by atoms with Gasteiger partial charge in [-0.15, -0.1) is 29.1 Å². The SMILES string of the molecule is CCCOc1cc(C)ccc1CN=C(NCC)NCc1nc(-c2ccco2)n[nH]1.I. The number of rotatable bonds is 9. The van der Waals surface area contributed by atoms with Gasteiger partial charge < -0.3 is 19.8 Å². The number of furan rings is 1. The number of hydrogen-bond donors (Lipinski definition) is 3. The number of aryl methyl sites for hydroxylation is 1. The third-order valence-electron chi connectivity index (χ3n) is 4.13. The van der Waals surface area contributed by atoms with Gasteiger partial charge in [-0.2, -0.15) is 0 Å². The van der Waals surface area contributed by atoms with E-state index in [1.165, 1.54) is 5.56 Å². The van der Waals surface area contributed by atoms with Gasteiger partial charge in [-0.25, -0.2) is 9.98 Å². The quantitative estimate of drug-likeness (QED) is 0.222. The van der Waals surface area contributed by atoms with Crippen LogP contribution in [0.5, 0.6) is 5.75 Å². The van der Waals surface area contributed by atoms with Crippen molar-refractivity contribution in [2.45, 2.75) is 40.3 Å². The molecule has 0 amide bonds. The normalized spacial score (nSPS) is 11.1.